The normalized spacial score (nSPS) is 29.2. The molecule has 0 spiro atoms. The van der Waals surface area contributed by atoms with Gasteiger partial charge in [0.2, 0.25) is 0 Å². The summed E-state index contributed by atoms with van der Waals surface area (Å²) in [5, 5.41) is 3.94. The first-order valence-corrected chi connectivity index (χ1v) is 11.0. The molecule has 3 nitrogen and oxygen atoms in total. The summed E-state index contributed by atoms with van der Waals surface area (Å²) in [6.45, 7) is 2.18. The summed E-state index contributed by atoms with van der Waals surface area (Å²) in [7, 11) is 0. The molecule has 0 saturated heterocycles. The standard InChI is InChI=1S/C24H27ClN2O/c1-2-22(27-24(28)15-5-7-19(25)8-6-15)23-20-10-16(11-21(20)23)18-9-17(12-26-13-18)14-3-4-14/h5-9,12-14,16,20-23H,2-4,10-11H2,1H3,(H,27,28)/t16-,20+,21-,22-,23-/m1/s1. The van der Waals surface area contributed by atoms with E-state index in [-0.39, 0.29) is 11.9 Å². The molecule has 3 fully saturated rings. The van der Waals surface area contributed by atoms with E-state index in [1.165, 1.54) is 36.8 Å². The number of carbonyl (C=O) groups excluding carboxylic acids is 1. The molecular formula is C24H27ClN2O. The molecule has 5 rings (SSSR count). The van der Waals surface area contributed by atoms with Crippen LogP contribution in [0, 0.1) is 17.8 Å². The van der Waals surface area contributed by atoms with Gasteiger partial charge in [-0.2, -0.15) is 0 Å². The number of rotatable bonds is 6. The largest absolute Gasteiger partial charge is 0.349 e. The van der Waals surface area contributed by atoms with Gasteiger partial charge in [0.25, 0.3) is 5.91 Å². The minimum atomic E-state index is 0.0198. The molecule has 1 heterocycles. The van der Waals surface area contributed by atoms with Crippen LogP contribution in [-0.4, -0.2) is 16.9 Å². The second kappa shape index (κ2) is 7.18. The molecule has 2 aromatic rings. The minimum absolute atomic E-state index is 0.0198. The monoisotopic (exact) mass is 394 g/mol. The first-order chi connectivity index (χ1) is 13.6. The van der Waals surface area contributed by atoms with E-state index >= 15 is 0 Å². The predicted octanol–water partition coefficient (Wildman–Crippen LogP) is 5.56. The predicted molar refractivity (Wildman–Crippen MR) is 112 cm³/mol. The number of hydrogen-bond donors (Lipinski definition) is 1. The number of aromatic nitrogens is 1. The Kier molecular flexibility index (Phi) is 4.66. The Morgan fingerprint density at radius 1 is 1.11 bits per heavy atom. The smallest absolute Gasteiger partial charge is 0.251 e. The zero-order chi connectivity index (χ0) is 19.3. The number of pyridine rings is 1. The van der Waals surface area contributed by atoms with Gasteiger partial charge in [0.05, 0.1) is 0 Å². The van der Waals surface area contributed by atoms with Crippen LogP contribution >= 0.6 is 11.6 Å². The number of carbonyl (C=O) groups is 1. The fraction of sp³-hybridized carbons (Fsp3) is 0.500. The molecule has 28 heavy (non-hydrogen) atoms. The van der Waals surface area contributed by atoms with E-state index < -0.39 is 0 Å². The lowest BCUT2D eigenvalue weighted by molar-refractivity contribution is 0.0927. The fourth-order valence-corrected chi connectivity index (χ4v) is 5.55. The average molecular weight is 395 g/mol. The summed E-state index contributed by atoms with van der Waals surface area (Å²) in [5.41, 5.74) is 3.57. The summed E-state index contributed by atoms with van der Waals surface area (Å²) in [6, 6.07) is 9.83. The van der Waals surface area contributed by atoms with Crippen molar-refractivity contribution in [3.8, 4) is 0 Å². The third kappa shape index (κ3) is 3.45. The van der Waals surface area contributed by atoms with Gasteiger partial charge in [-0.15, -0.1) is 0 Å². The number of hydrogen-bond acceptors (Lipinski definition) is 2. The molecule has 5 atom stereocenters. The Labute approximate surface area is 171 Å². The van der Waals surface area contributed by atoms with Crippen molar-refractivity contribution < 1.29 is 4.79 Å². The molecule has 3 saturated carbocycles. The number of amides is 1. The maximum atomic E-state index is 12.6. The topological polar surface area (TPSA) is 42.0 Å². The molecular weight excluding hydrogens is 368 g/mol. The van der Waals surface area contributed by atoms with E-state index in [2.05, 4.69) is 35.7 Å². The van der Waals surface area contributed by atoms with Gasteiger partial charge in [0.1, 0.15) is 0 Å². The molecule has 146 valence electrons. The van der Waals surface area contributed by atoms with Crippen LogP contribution in [0.1, 0.15) is 72.3 Å². The fourth-order valence-electron chi connectivity index (χ4n) is 5.42. The highest BCUT2D eigenvalue weighted by Crippen LogP contribution is 2.63. The van der Waals surface area contributed by atoms with Crippen molar-refractivity contribution in [2.75, 3.05) is 0 Å². The Hall–Kier alpha value is -1.87. The Balaban J connectivity index is 1.20. The minimum Gasteiger partial charge on any atom is -0.349 e. The Bertz CT molecular complexity index is 864. The molecule has 0 radical (unpaired) electrons. The van der Waals surface area contributed by atoms with Crippen LogP contribution in [0.4, 0.5) is 0 Å². The molecule has 1 N–H and O–H groups in total. The maximum absolute atomic E-state index is 12.6. The third-order valence-corrected chi connectivity index (χ3v) is 7.39. The quantitative estimate of drug-likeness (QED) is 0.696. The van der Waals surface area contributed by atoms with Crippen molar-refractivity contribution in [3.63, 3.8) is 0 Å². The summed E-state index contributed by atoms with van der Waals surface area (Å²) in [5.74, 6) is 3.59. The van der Waals surface area contributed by atoms with Crippen molar-refractivity contribution >= 4 is 17.5 Å². The number of nitrogens with zero attached hydrogens (tertiary/aromatic N) is 1. The van der Waals surface area contributed by atoms with E-state index in [0.29, 0.717) is 22.4 Å². The number of fused-ring (bicyclic) bond motifs is 1. The molecule has 1 amide bonds. The van der Waals surface area contributed by atoms with Crippen LogP contribution in [0.25, 0.3) is 0 Å². The first kappa shape index (κ1) is 18.2. The molecule has 0 aliphatic heterocycles. The molecule has 1 aromatic carbocycles. The van der Waals surface area contributed by atoms with Crippen molar-refractivity contribution in [1.82, 2.24) is 10.3 Å². The molecule has 4 heteroatoms. The second-order valence-corrected chi connectivity index (χ2v) is 9.33. The van der Waals surface area contributed by atoms with E-state index in [1.54, 1.807) is 24.3 Å². The zero-order valence-corrected chi connectivity index (χ0v) is 17.0. The summed E-state index contributed by atoms with van der Waals surface area (Å²) < 4.78 is 0. The van der Waals surface area contributed by atoms with Gasteiger partial charge in [0, 0.05) is 29.0 Å². The van der Waals surface area contributed by atoms with Gasteiger partial charge in [0.15, 0.2) is 0 Å². The van der Waals surface area contributed by atoms with Crippen molar-refractivity contribution in [2.45, 2.75) is 56.9 Å². The van der Waals surface area contributed by atoms with E-state index in [1.807, 2.05) is 0 Å². The van der Waals surface area contributed by atoms with Crippen LogP contribution in [0.15, 0.2) is 42.7 Å². The summed E-state index contributed by atoms with van der Waals surface area (Å²) in [6.07, 6.45) is 10.3. The van der Waals surface area contributed by atoms with Crippen molar-refractivity contribution in [2.24, 2.45) is 17.8 Å². The van der Waals surface area contributed by atoms with Crippen molar-refractivity contribution in [3.05, 3.63) is 64.4 Å². The van der Waals surface area contributed by atoms with E-state index in [4.69, 9.17) is 11.6 Å². The SMILES string of the molecule is CC[C@@H](NC(=O)c1ccc(Cl)cc1)[C@H]1[C@@H]2C[C@H](c3cncc(C4CC4)c3)C[C@@H]21. The average Bonchev–Trinajstić information content (AvgIpc) is 3.64. The van der Waals surface area contributed by atoms with Gasteiger partial charge in [-0.1, -0.05) is 24.6 Å². The Morgan fingerprint density at radius 2 is 1.75 bits per heavy atom. The van der Waals surface area contributed by atoms with Gasteiger partial charge in [-0.05, 0) is 97.1 Å². The third-order valence-electron chi connectivity index (χ3n) is 7.14. The van der Waals surface area contributed by atoms with Crippen LogP contribution in [0.2, 0.25) is 5.02 Å². The summed E-state index contributed by atoms with van der Waals surface area (Å²) >= 11 is 5.93. The number of nitrogens with one attached hydrogen (secondary N) is 1. The number of halogens is 1. The lowest BCUT2D eigenvalue weighted by Crippen LogP contribution is -2.37. The number of benzene rings is 1. The van der Waals surface area contributed by atoms with Gasteiger partial charge in [-0.3, -0.25) is 9.78 Å². The molecule has 3 aliphatic rings. The highest BCUT2D eigenvalue weighted by atomic mass is 35.5. The van der Waals surface area contributed by atoms with Crippen LogP contribution in [-0.2, 0) is 0 Å². The summed E-state index contributed by atoms with van der Waals surface area (Å²) in [4.78, 5) is 17.1. The van der Waals surface area contributed by atoms with Crippen LogP contribution in [0.3, 0.4) is 0 Å². The molecule has 0 unspecified atom stereocenters. The second-order valence-electron chi connectivity index (χ2n) is 8.89. The van der Waals surface area contributed by atoms with Crippen LogP contribution in [0.5, 0.6) is 0 Å². The highest BCUT2D eigenvalue weighted by molar-refractivity contribution is 6.30. The molecule has 1 aromatic heterocycles. The lowest BCUT2D eigenvalue weighted by atomic mass is 9.90. The van der Waals surface area contributed by atoms with E-state index in [9.17, 15) is 4.79 Å². The maximum Gasteiger partial charge on any atom is 0.251 e. The first-order valence-electron chi connectivity index (χ1n) is 10.6. The molecule has 3 aliphatic carbocycles. The van der Waals surface area contributed by atoms with Gasteiger partial charge < -0.3 is 5.32 Å². The van der Waals surface area contributed by atoms with Gasteiger partial charge in [-0.25, -0.2) is 0 Å². The lowest BCUT2D eigenvalue weighted by Gasteiger charge is -2.22. The van der Waals surface area contributed by atoms with Crippen LogP contribution < -0.4 is 5.32 Å². The van der Waals surface area contributed by atoms with Crippen molar-refractivity contribution in [1.29, 1.82) is 0 Å². The Morgan fingerprint density at radius 3 is 2.36 bits per heavy atom. The van der Waals surface area contributed by atoms with E-state index in [0.717, 1.165) is 24.2 Å². The highest BCUT2D eigenvalue weighted by Gasteiger charge is 2.58. The zero-order valence-electron chi connectivity index (χ0n) is 16.3. The molecule has 0 bridgehead atoms. The van der Waals surface area contributed by atoms with Gasteiger partial charge >= 0.3 is 0 Å².